The van der Waals surface area contributed by atoms with Crippen molar-refractivity contribution < 1.29 is 0 Å². The van der Waals surface area contributed by atoms with Crippen molar-refractivity contribution in [3.8, 4) is 0 Å². The lowest BCUT2D eigenvalue weighted by Gasteiger charge is -2.33. The van der Waals surface area contributed by atoms with E-state index in [9.17, 15) is 0 Å². The van der Waals surface area contributed by atoms with E-state index in [0.29, 0.717) is 5.28 Å². The molecule has 0 atom stereocenters. The molecule has 1 aromatic heterocycles. The number of hydrogen-bond acceptors (Lipinski definition) is 3. The molecule has 0 aromatic carbocycles. The Morgan fingerprint density at radius 1 is 1.41 bits per heavy atom. The fourth-order valence-corrected chi connectivity index (χ4v) is 2.70. The standard InChI is InChI=1S/C13H20ClN3/c1-3-4-11-5-7-17(8-6-11)12-10(2)9-15-13(14)16-12/h9,11H,3-8H2,1-2H3. The summed E-state index contributed by atoms with van der Waals surface area (Å²) >= 11 is 5.87. The molecule has 0 aliphatic carbocycles. The van der Waals surface area contributed by atoms with E-state index < -0.39 is 0 Å². The summed E-state index contributed by atoms with van der Waals surface area (Å²) in [5.74, 6) is 1.91. The summed E-state index contributed by atoms with van der Waals surface area (Å²) in [6, 6.07) is 0. The smallest absolute Gasteiger partial charge is 0.224 e. The number of rotatable bonds is 3. The minimum Gasteiger partial charge on any atom is -0.356 e. The molecule has 4 heteroatoms. The van der Waals surface area contributed by atoms with Crippen molar-refractivity contribution in [2.45, 2.75) is 39.5 Å². The Bertz CT molecular complexity index is 373. The van der Waals surface area contributed by atoms with Crippen LogP contribution in [0, 0.1) is 12.8 Å². The summed E-state index contributed by atoms with van der Waals surface area (Å²) in [4.78, 5) is 10.7. The first-order valence-corrected chi connectivity index (χ1v) is 6.82. The number of piperidine rings is 1. The molecule has 0 amide bonds. The van der Waals surface area contributed by atoms with Gasteiger partial charge in [0, 0.05) is 24.8 Å². The van der Waals surface area contributed by atoms with Crippen molar-refractivity contribution in [1.29, 1.82) is 0 Å². The number of nitrogens with zero attached hydrogens (tertiary/aromatic N) is 3. The van der Waals surface area contributed by atoms with Crippen molar-refractivity contribution in [2.75, 3.05) is 18.0 Å². The highest BCUT2D eigenvalue weighted by Crippen LogP contribution is 2.26. The Morgan fingerprint density at radius 3 is 2.76 bits per heavy atom. The van der Waals surface area contributed by atoms with Gasteiger partial charge >= 0.3 is 0 Å². The molecule has 0 bridgehead atoms. The Balaban J connectivity index is 2.02. The second kappa shape index (κ2) is 5.67. The quantitative estimate of drug-likeness (QED) is 0.773. The summed E-state index contributed by atoms with van der Waals surface area (Å²) in [5.41, 5.74) is 1.11. The predicted octanol–water partition coefficient (Wildman–Crippen LogP) is 3.45. The Morgan fingerprint density at radius 2 is 2.12 bits per heavy atom. The largest absolute Gasteiger partial charge is 0.356 e. The van der Waals surface area contributed by atoms with Crippen molar-refractivity contribution in [2.24, 2.45) is 5.92 Å². The molecular weight excluding hydrogens is 234 g/mol. The van der Waals surface area contributed by atoms with Crippen LogP contribution in [0.3, 0.4) is 0 Å². The maximum atomic E-state index is 5.87. The Kier molecular flexibility index (Phi) is 4.21. The van der Waals surface area contributed by atoms with Gasteiger partial charge in [-0.05, 0) is 37.3 Å². The molecule has 0 saturated carbocycles. The van der Waals surface area contributed by atoms with Crippen molar-refractivity contribution in [3.63, 3.8) is 0 Å². The van der Waals surface area contributed by atoms with Crippen LogP contribution in [0.5, 0.6) is 0 Å². The van der Waals surface area contributed by atoms with E-state index in [1.807, 2.05) is 13.1 Å². The number of aromatic nitrogens is 2. The van der Waals surface area contributed by atoms with Gasteiger partial charge in [0.2, 0.25) is 5.28 Å². The van der Waals surface area contributed by atoms with Gasteiger partial charge in [-0.2, -0.15) is 0 Å². The third kappa shape index (κ3) is 3.09. The predicted molar refractivity (Wildman–Crippen MR) is 71.6 cm³/mol. The van der Waals surface area contributed by atoms with Crippen LogP contribution in [-0.2, 0) is 0 Å². The molecule has 1 saturated heterocycles. The molecule has 0 radical (unpaired) electrons. The van der Waals surface area contributed by atoms with Crippen molar-refractivity contribution >= 4 is 17.4 Å². The molecule has 0 N–H and O–H groups in total. The van der Waals surface area contributed by atoms with E-state index >= 15 is 0 Å². The molecule has 1 aliphatic heterocycles. The molecule has 0 unspecified atom stereocenters. The zero-order valence-electron chi connectivity index (χ0n) is 10.6. The first-order chi connectivity index (χ1) is 8.20. The average Bonchev–Trinajstić information content (AvgIpc) is 2.34. The third-order valence-corrected chi connectivity index (χ3v) is 3.71. The zero-order chi connectivity index (χ0) is 12.3. The van der Waals surface area contributed by atoms with Crippen LogP contribution in [0.25, 0.3) is 0 Å². The lowest BCUT2D eigenvalue weighted by Crippen LogP contribution is -2.34. The molecule has 0 spiro atoms. The van der Waals surface area contributed by atoms with Crippen LogP contribution >= 0.6 is 11.6 Å². The number of hydrogen-bond donors (Lipinski definition) is 0. The third-order valence-electron chi connectivity index (χ3n) is 3.53. The van der Waals surface area contributed by atoms with Crippen LogP contribution in [0.2, 0.25) is 5.28 Å². The molecule has 2 rings (SSSR count). The van der Waals surface area contributed by atoms with Crippen LogP contribution in [0.4, 0.5) is 5.82 Å². The van der Waals surface area contributed by atoms with Gasteiger partial charge in [0.05, 0.1) is 0 Å². The molecular formula is C13H20ClN3. The van der Waals surface area contributed by atoms with Crippen LogP contribution < -0.4 is 4.90 Å². The highest BCUT2D eigenvalue weighted by atomic mass is 35.5. The van der Waals surface area contributed by atoms with Gasteiger partial charge in [0.15, 0.2) is 0 Å². The lowest BCUT2D eigenvalue weighted by atomic mass is 9.92. The second-order valence-electron chi connectivity index (χ2n) is 4.86. The fraction of sp³-hybridized carbons (Fsp3) is 0.692. The van der Waals surface area contributed by atoms with Crippen LogP contribution in [0.15, 0.2) is 6.20 Å². The Labute approximate surface area is 108 Å². The van der Waals surface area contributed by atoms with Gasteiger partial charge in [0.25, 0.3) is 0 Å². The van der Waals surface area contributed by atoms with E-state index in [1.54, 1.807) is 0 Å². The fourth-order valence-electron chi connectivity index (χ4n) is 2.57. The molecule has 1 fully saturated rings. The van der Waals surface area contributed by atoms with E-state index in [2.05, 4.69) is 21.8 Å². The molecule has 94 valence electrons. The lowest BCUT2D eigenvalue weighted by molar-refractivity contribution is 0.377. The summed E-state index contributed by atoms with van der Waals surface area (Å²) in [6.07, 6.45) is 7.01. The van der Waals surface area contributed by atoms with E-state index in [4.69, 9.17) is 11.6 Å². The van der Waals surface area contributed by atoms with E-state index in [-0.39, 0.29) is 0 Å². The summed E-state index contributed by atoms with van der Waals surface area (Å²) in [6.45, 7) is 6.50. The SMILES string of the molecule is CCCC1CCN(c2nc(Cl)ncc2C)CC1. The van der Waals surface area contributed by atoms with Crippen molar-refractivity contribution in [1.82, 2.24) is 9.97 Å². The first-order valence-electron chi connectivity index (χ1n) is 6.44. The molecule has 1 aromatic rings. The molecule has 1 aliphatic rings. The number of halogens is 1. The minimum atomic E-state index is 0.348. The normalized spacial score (nSPS) is 17.5. The topological polar surface area (TPSA) is 29.0 Å². The second-order valence-corrected chi connectivity index (χ2v) is 5.20. The molecule has 2 heterocycles. The highest BCUT2D eigenvalue weighted by molar-refractivity contribution is 6.28. The zero-order valence-corrected chi connectivity index (χ0v) is 11.4. The maximum Gasteiger partial charge on any atom is 0.224 e. The summed E-state index contributed by atoms with van der Waals surface area (Å²) < 4.78 is 0. The molecule has 3 nitrogen and oxygen atoms in total. The Hall–Kier alpha value is -0.830. The minimum absolute atomic E-state index is 0.348. The van der Waals surface area contributed by atoms with Gasteiger partial charge in [-0.3, -0.25) is 0 Å². The summed E-state index contributed by atoms with van der Waals surface area (Å²) in [5, 5.41) is 0.348. The van der Waals surface area contributed by atoms with Gasteiger partial charge < -0.3 is 4.90 Å². The number of aryl methyl sites for hydroxylation is 1. The van der Waals surface area contributed by atoms with E-state index in [1.165, 1.54) is 25.7 Å². The van der Waals surface area contributed by atoms with Gasteiger partial charge in [-0.15, -0.1) is 0 Å². The maximum absolute atomic E-state index is 5.87. The first kappa shape index (κ1) is 12.6. The van der Waals surface area contributed by atoms with Crippen molar-refractivity contribution in [3.05, 3.63) is 17.0 Å². The van der Waals surface area contributed by atoms with Gasteiger partial charge in [0.1, 0.15) is 5.82 Å². The highest BCUT2D eigenvalue weighted by Gasteiger charge is 2.20. The van der Waals surface area contributed by atoms with Gasteiger partial charge in [-0.1, -0.05) is 19.8 Å². The van der Waals surface area contributed by atoms with Crippen LogP contribution in [-0.4, -0.2) is 23.1 Å². The number of anilines is 1. The van der Waals surface area contributed by atoms with E-state index in [0.717, 1.165) is 30.4 Å². The average molecular weight is 254 g/mol. The van der Waals surface area contributed by atoms with Gasteiger partial charge in [-0.25, -0.2) is 9.97 Å². The monoisotopic (exact) mass is 253 g/mol. The summed E-state index contributed by atoms with van der Waals surface area (Å²) in [7, 11) is 0. The van der Waals surface area contributed by atoms with Crippen LogP contribution in [0.1, 0.15) is 38.2 Å². The molecule has 17 heavy (non-hydrogen) atoms.